The number of rotatable bonds is 6. The Kier molecular flexibility index (Phi) is 4.68. The Morgan fingerprint density at radius 2 is 2.21 bits per heavy atom. The van der Waals surface area contributed by atoms with E-state index in [1.165, 1.54) is 0 Å². The highest BCUT2D eigenvalue weighted by atomic mass is 16.5. The summed E-state index contributed by atoms with van der Waals surface area (Å²) in [7, 11) is 0. The van der Waals surface area contributed by atoms with Gasteiger partial charge in [-0.2, -0.15) is 0 Å². The van der Waals surface area contributed by atoms with E-state index < -0.39 is 0 Å². The zero-order valence-corrected chi connectivity index (χ0v) is 11.9. The molecule has 5 heteroatoms. The average molecular weight is 270 g/mol. The van der Waals surface area contributed by atoms with Crippen LogP contribution >= 0.6 is 0 Å². The summed E-state index contributed by atoms with van der Waals surface area (Å²) >= 11 is 0. The molecule has 3 unspecified atom stereocenters. The molecule has 0 aromatic heterocycles. The van der Waals surface area contributed by atoms with E-state index in [2.05, 4.69) is 10.6 Å². The summed E-state index contributed by atoms with van der Waals surface area (Å²) in [5.41, 5.74) is -0.0589. The second-order valence-electron chi connectivity index (χ2n) is 6.54. The maximum atomic E-state index is 11.7. The van der Waals surface area contributed by atoms with Crippen molar-refractivity contribution >= 4 is 6.03 Å². The molecule has 0 spiro atoms. The van der Waals surface area contributed by atoms with Gasteiger partial charge >= 0.3 is 6.03 Å². The molecule has 0 aromatic carbocycles. The number of nitrogens with one attached hydrogen (secondary N) is 2. The van der Waals surface area contributed by atoms with Crippen molar-refractivity contribution in [1.82, 2.24) is 10.6 Å². The fourth-order valence-electron chi connectivity index (χ4n) is 2.86. The van der Waals surface area contributed by atoms with Gasteiger partial charge in [0, 0.05) is 13.2 Å². The fourth-order valence-corrected chi connectivity index (χ4v) is 2.86. The summed E-state index contributed by atoms with van der Waals surface area (Å²) in [6.07, 6.45) is 5.54. The number of ether oxygens (including phenoxy) is 1. The summed E-state index contributed by atoms with van der Waals surface area (Å²) in [6.45, 7) is 4.89. The maximum absolute atomic E-state index is 11.7. The van der Waals surface area contributed by atoms with E-state index in [0.29, 0.717) is 12.6 Å². The van der Waals surface area contributed by atoms with Crippen LogP contribution in [0, 0.1) is 5.41 Å². The molecule has 2 bridgehead atoms. The van der Waals surface area contributed by atoms with Crippen LogP contribution in [0.2, 0.25) is 0 Å². The molecule has 19 heavy (non-hydrogen) atoms. The van der Waals surface area contributed by atoms with Gasteiger partial charge in [-0.05, 0) is 37.5 Å². The quantitative estimate of drug-likeness (QED) is 0.639. The van der Waals surface area contributed by atoms with E-state index in [-0.39, 0.29) is 30.2 Å². The van der Waals surface area contributed by atoms with Crippen molar-refractivity contribution in [3.05, 3.63) is 0 Å². The largest absolute Gasteiger partial charge is 0.396 e. The summed E-state index contributed by atoms with van der Waals surface area (Å²) in [5, 5.41) is 15.0. The van der Waals surface area contributed by atoms with Crippen LogP contribution in [-0.2, 0) is 4.74 Å². The molecule has 2 amide bonds. The Balaban J connectivity index is 1.58. The van der Waals surface area contributed by atoms with Gasteiger partial charge in [-0.15, -0.1) is 0 Å². The molecule has 2 rings (SSSR count). The lowest BCUT2D eigenvalue weighted by atomic mass is 9.89. The van der Waals surface area contributed by atoms with Gasteiger partial charge in [0.1, 0.15) is 0 Å². The molecule has 110 valence electrons. The molecule has 3 atom stereocenters. The van der Waals surface area contributed by atoms with Crippen LogP contribution < -0.4 is 10.6 Å². The molecular weight excluding hydrogens is 244 g/mol. The number of fused-ring (bicyclic) bond motifs is 2. The van der Waals surface area contributed by atoms with Crippen molar-refractivity contribution in [1.29, 1.82) is 0 Å². The number of carbonyl (C=O) groups is 1. The van der Waals surface area contributed by atoms with Crippen LogP contribution in [0.25, 0.3) is 0 Å². The van der Waals surface area contributed by atoms with Crippen LogP contribution in [0.15, 0.2) is 0 Å². The molecular formula is C14H26N2O3. The molecule has 3 N–H and O–H groups in total. The smallest absolute Gasteiger partial charge is 0.315 e. The maximum Gasteiger partial charge on any atom is 0.315 e. The Morgan fingerprint density at radius 3 is 2.79 bits per heavy atom. The van der Waals surface area contributed by atoms with E-state index in [1.807, 2.05) is 13.8 Å². The highest BCUT2D eigenvalue weighted by Gasteiger charge is 2.41. The Hall–Kier alpha value is -0.810. The van der Waals surface area contributed by atoms with E-state index in [9.17, 15) is 4.79 Å². The van der Waals surface area contributed by atoms with Crippen LogP contribution in [-0.4, -0.2) is 42.5 Å². The fraction of sp³-hybridized carbons (Fsp3) is 0.929. The van der Waals surface area contributed by atoms with Gasteiger partial charge < -0.3 is 20.5 Å². The minimum atomic E-state index is -0.0945. The normalized spacial score (nSPS) is 29.5. The van der Waals surface area contributed by atoms with Crippen molar-refractivity contribution in [3.8, 4) is 0 Å². The number of amides is 2. The van der Waals surface area contributed by atoms with Crippen LogP contribution in [0.3, 0.4) is 0 Å². The summed E-state index contributed by atoms with van der Waals surface area (Å²) < 4.78 is 5.70. The van der Waals surface area contributed by atoms with Crippen molar-refractivity contribution in [2.45, 2.75) is 64.2 Å². The first-order valence-electron chi connectivity index (χ1n) is 7.31. The SMILES string of the molecule is CC(C)(CO)CCCNC(=O)NC1CC2CCC1O2. The van der Waals surface area contributed by atoms with Crippen molar-refractivity contribution < 1.29 is 14.6 Å². The van der Waals surface area contributed by atoms with Crippen molar-refractivity contribution in [3.63, 3.8) is 0 Å². The predicted molar refractivity (Wildman–Crippen MR) is 72.9 cm³/mol. The third-order valence-corrected chi connectivity index (χ3v) is 4.17. The second kappa shape index (κ2) is 6.09. The summed E-state index contributed by atoms with van der Waals surface area (Å²) in [5.74, 6) is 0. The molecule has 2 aliphatic rings. The number of aliphatic hydroxyl groups excluding tert-OH is 1. The first-order chi connectivity index (χ1) is 9.00. The first kappa shape index (κ1) is 14.6. The zero-order chi connectivity index (χ0) is 13.9. The molecule has 0 saturated carbocycles. The van der Waals surface area contributed by atoms with Gasteiger partial charge in [-0.25, -0.2) is 4.79 Å². The molecule has 2 fully saturated rings. The number of aliphatic hydroxyl groups is 1. The number of urea groups is 1. The number of hydrogen-bond donors (Lipinski definition) is 3. The second-order valence-corrected chi connectivity index (χ2v) is 6.54. The van der Waals surface area contributed by atoms with E-state index in [4.69, 9.17) is 9.84 Å². The lowest BCUT2D eigenvalue weighted by Gasteiger charge is -2.22. The highest BCUT2D eigenvalue weighted by Crippen LogP contribution is 2.34. The van der Waals surface area contributed by atoms with E-state index in [0.717, 1.165) is 32.1 Å². The molecule has 2 saturated heterocycles. The lowest BCUT2D eigenvalue weighted by molar-refractivity contribution is 0.0981. The Morgan fingerprint density at radius 1 is 1.42 bits per heavy atom. The van der Waals surface area contributed by atoms with Gasteiger partial charge in [0.2, 0.25) is 0 Å². The summed E-state index contributed by atoms with van der Waals surface area (Å²) in [4.78, 5) is 11.7. The zero-order valence-electron chi connectivity index (χ0n) is 11.9. The predicted octanol–water partition coefficient (Wildman–Crippen LogP) is 1.40. The van der Waals surface area contributed by atoms with Crippen LogP contribution in [0.4, 0.5) is 4.79 Å². The lowest BCUT2D eigenvalue weighted by Crippen LogP contribution is -2.46. The van der Waals surface area contributed by atoms with Gasteiger partial charge in [0.05, 0.1) is 18.2 Å². The standard InChI is InChI=1S/C14H26N2O3/c1-14(2,9-17)6-3-7-15-13(18)16-11-8-10-4-5-12(11)19-10/h10-12,17H,3-9H2,1-2H3,(H2,15,16,18). The monoisotopic (exact) mass is 270 g/mol. The minimum absolute atomic E-state index is 0.0589. The third kappa shape index (κ3) is 4.08. The molecule has 2 aliphatic heterocycles. The van der Waals surface area contributed by atoms with Crippen LogP contribution in [0.1, 0.15) is 46.0 Å². The first-order valence-corrected chi connectivity index (χ1v) is 7.31. The number of carbonyl (C=O) groups excluding carboxylic acids is 1. The highest BCUT2D eigenvalue weighted by molar-refractivity contribution is 5.74. The van der Waals surface area contributed by atoms with E-state index in [1.54, 1.807) is 0 Å². The number of hydrogen-bond acceptors (Lipinski definition) is 3. The van der Waals surface area contributed by atoms with Gasteiger partial charge in [-0.1, -0.05) is 13.8 Å². The van der Waals surface area contributed by atoms with Gasteiger partial charge in [0.25, 0.3) is 0 Å². The van der Waals surface area contributed by atoms with Crippen molar-refractivity contribution in [2.24, 2.45) is 5.41 Å². The molecule has 0 aliphatic carbocycles. The van der Waals surface area contributed by atoms with Gasteiger partial charge in [0.15, 0.2) is 0 Å². The average Bonchev–Trinajstić information content (AvgIpc) is 2.97. The molecule has 2 heterocycles. The Bertz CT molecular complexity index is 320. The molecule has 0 aromatic rings. The topological polar surface area (TPSA) is 70.6 Å². The molecule has 5 nitrogen and oxygen atoms in total. The summed E-state index contributed by atoms with van der Waals surface area (Å²) in [6, 6.07) is 0.0931. The minimum Gasteiger partial charge on any atom is -0.396 e. The Labute approximate surface area is 115 Å². The third-order valence-electron chi connectivity index (χ3n) is 4.17. The van der Waals surface area contributed by atoms with Crippen LogP contribution in [0.5, 0.6) is 0 Å². The van der Waals surface area contributed by atoms with Crippen molar-refractivity contribution in [2.75, 3.05) is 13.2 Å². The van der Waals surface area contributed by atoms with E-state index >= 15 is 0 Å². The molecule has 0 radical (unpaired) electrons. The van der Waals surface area contributed by atoms with Gasteiger partial charge in [-0.3, -0.25) is 0 Å².